The maximum absolute atomic E-state index is 11.0. The smallest absolute Gasteiger partial charge is 0.337 e. The molecule has 2 rings (SSSR count). The Morgan fingerprint density at radius 2 is 2.27 bits per heavy atom. The predicted octanol–water partition coefficient (Wildman–Crippen LogP) is 1.86. The Morgan fingerprint density at radius 1 is 1.47 bits per heavy atom. The molecule has 1 heterocycles. The molecule has 1 aromatic carbocycles. The fourth-order valence-electron chi connectivity index (χ4n) is 1.64. The van der Waals surface area contributed by atoms with Crippen LogP contribution in [0.2, 0.25) is 0 Å². The molecule has 0 bridgehead atoms. The van der Waals surface area contributed by atoms with Crippen LogP contribution in [0.4, 0.5) is 0 Å². The lowest BCUT2D eigenvalue weighted by Crippen LogP contribution is -2.02. The van der Waals surface area contributed by atoms with Crippen molar-refractivity contribution >= 4 is 16.9 Å². The fourth-order valence-corrected chi connectivity index (χ4v) is 1.64. The summed E-state index contributed by atoms with van der Waals surface area (Å²) < 4.78 is 1.64. The van der Waals surface area contributed by atoms with Crippen LogP contribution >= 0.6 is 0 Å². The molecule has 1 aromatic heterocycles. The average molecular weight is 200 g/mol. The molecule has 0 fully saturated rings. The van der Waals surface area contributed by atoms with Crippen LogP contribution in [-0.4, -0.2) is 15.6 Å². The van der Waals surface area contributed by atoms with Gasteiger partial charge in [-0.2, -0.15) is 5.26 Å². The second-order valence-electron chi connectivity index (χ2n) is 3.15. The number of aromatic carboxylic acids is 1. The van der Waals surface area contributed by atoms with Gasteiger partial charge in [-0.25, -0.2) is 4.79 Å². The lowest BCUT2D eigenvalue weighted by atomic mass is 10.1. The summed E-state index contributed by atoms with van der Waals surface area (Å²) in [4.78, 5) is 11.0. The molecule has 0 saturated carbocycles. The Balaban J connectivity index is 2.76. The van der Waals surface area contributed by atoms with Crippen LogP contribution in [0.5, 0.6) is 0 Å². The SMILES string of the molecule is N#CCn1ccc2cccc(C(=O)O)c21. The van der Waals surface area contributed by atoms with Crippen LogP contribution in [0.1, 0.15) is 10.4 Å². The van der Waals surface area contributed by atoms with Crippen LogP contribution in [0.3, 0.4) is 0 Å². The largest absolute Gasteiger partial charge is 0.478 e. The van der Waals surface area contributed by atoms with E-state index >= 15 is 0 Å². The molecule has 0 aliphatic carbocycles. The zero-order chi connectivity index (χ0) is 10.8. The molecule has 0 saturated heterocycles. The van der Waals surface area contributed by atoms with Crippen molar-refractivity contribution < 1.29 is 9.90 Å². The van der Waals surface area contributed by atoms with E-state index in [-0.39, 0.29) is 12.1 Å². The monoisotopic (exact) mass is 200 g/mol. The van der Waals surface area contributed by atoms with E-state index in [1.807, 2.05) is 12.1 Å². The fraction of sp³-hybridized carbons (Fsp3) is 0.0909. The zero-order valence-corrected chi connectivity index (χ0v) is 7.84. The van der Waals surface area contributed by atoms with Gasteiger partial charge in [0.1, 0.15) is 6.54 Å². The van der Waals surface area contributed by atoms with Gasteiger partial charge in [0.15, 0.2) is 0 Å². The van der Waals surface area contributed by atoms with E-state index in [9.17, 15) is 4.79 Å². The van der Waals surface area contributed by atoms with Crippen LogP contribution in [0, 0.1) is 11.3 Å². The number of benzene rings is 1. The van der Waals surface area contributed by atoms with Crippen LogP contribution in [-0.2, 0) is 6.54 Å². The number of rotatable bonds is 2. The van der Waals surface area contributed by atoms with Crippen molar-refractivity contribution in [2.75, 3.05) is 0 Å². The molecule has 4 nitrogen and oxygen atoms in total. The number of nitriles is 1. The van der Waals surface area contributed by atoms with E-state index in [0.29, 0.717) is 5.52 Å². The molecule has 74 valence electrons. The maximum atomic E-state index is 11.0. The molecule has 0 aliphatic rings. The minimum absolute atomic E-state index is 0.161. The molecule has 15 heavy (non-hydrogen) atoms. The number of carboxylic acids is 1. The molecule has 0 unspecified atom stereocenters. The van der Waals surface area contributed by atoms with E-state index in [1.54, 1.807) is 29.0 Å². The van der Waals surface area contributed by atoms with Crippen molar-refractivity contribution in [2.45, 2.75) is 6.54 Å². The molecule has 2 aromatic rings. The molecule has 0 aliphatic heterocycles. The lowest BCUT2D eigenvalue weighted by Gasteiger charge is -2.02. The van der Waals surface area contributed by atoms with E-state index < -0.39 is 5.97 Å². The molecule has 4 heteroatoms. The number of carbonyl (C=O) groups is 1. The summed E-state index contributed by atoms with van der Waals surface area (Å²) in [7, 11) is 0. The third-order valence-electron chi connectivity index (χ3n) is 2.26. The summed E-state index contributed by atoms with van der Waals surface area (Å²) in [6.45, 7) is 0.161. The van der Waals surface area contributed by atoms with Crippen molar-refractivity contribution in [3.05, 3.63) is 36.0 Å². The van der Waals surface area contributed by atoms with E-state index in [0.717, 1.165) is 5.39 Å². The summed E-state index contributed by atoms with van der Waals surface area (Å²) in [5.74, 6) is -0.974. The Hall–Kier alpha value is -2.28. The Morgan fingerprint density at radius 3 is 2.93 bits per heavy atom. The van der Waals surface area contributed by atoms with Gasteiger partial charge in [0.25, 0.3) is 0 Å². The normalized spacial score (nSPS) is 10.1. The van der Waals surface area contributed by atoms with Crippen LogP contribution < -0.4 is 0 Å². The highest BCUT2D eigenvalue weighted by molar-refractivity contribution is 6.02. The Bertz CT molecular complexity index is 563. The van der Waals surface area contributed by atoms with E-state index in [4.69, 9.17) is 10.4 Å². The molecular weight excluding hydrogens is 192 g/mol. The number of aromatic nitrogens is 1. The second-order valence-corrected chi connectivity index (χ2v) is 3.15. The zero-order valence-electron chi connectivity index (χ0n) is 7.84. The third-order valence-corrected chi connectivity index (χ3v) is 2.26. The van der Waals surface area contributed by atoms with Crippen molar-refractivity contribution in [1.29, 1.82) is 5.26 Å². The number of hydrogen-bond acceptors (Lipinski definition) is 2. The Labute approximate surface area is 86.0 Å². The number of nitrogens with zero attached hydrogens (tertiary/aromatic N) is 2. The first-order valence-electron chi connectivity index (χ1n) is 4.42. The topological polar surface area (TPSA) is 66.0 Å². The van der Waals surface area contributed by atoms with Crippen molar-refractivity contribution in [3.63, 3.8) is 0 Å². The summed E-state index contributed by atoms with van der Waals surface area (Å²) in [5.41, 5.74) is 0.833. The number of hydrogen-bond donors (Lipinski definition) is 1. The molecule has 0 spiro atoms. The number of carboxylic acid groups (broad SMARTS) is 1. The number of fused-ring (bicyclic) bond motifs is 1. The first-order chi connectivity index (χ1) is 7.24. The third kappa shape index (κ3) is 1.44. The predicted molar refractivity (Wildman–Crippen MR) is 54.5 cm³/mol. The second kappa shape index (κ2) is 3.46. The first-order valence-corrected chi connectivity index (χ1v) is 4.42. The lowest BCUT2D eigenvalue weighted by molar-refractivity contribution is 0.0698. The van der Waals surface area contributed by atoms with Crippen molar-refractivity contribution in [1.82, 2.24) is 4.57 Å². The summed E-state index contributed by atoms with van der Waals surface area (Å²) in [5, 5.41) is 18.4. The highest BCUT2D eigenvalue weighted by Crippen LogP contribution is 2.20. The molecule has 0 atom stereocenters. The van der Waals surface area contributed by atoms with Crippen LogP contribution in [0.15, 0.2) is 30.5 Å². The summed E-state index contributed by atoms with van der Waals surface area (Å²) in [6.07, 6.45) is 1.72. The van der Waals surface area contributed by atoms with Gasteiger partial charge in [0, 0.05) is 11.6 Å². The van der Waals surface area contributed by atoms with Gasteiger partial charge in [0.2, 0.25) is 0 Å². The summed E-state index contributed by atoms with van der Waals surface area (Å²) >= 11 is 0. The standard InChI is InChI=1S/C11H8N2O2/c12-5-7-13-6-4-8-2-1-3-9(10(8)13)11(14)15/h1-4,6H,7H2,(H,14,15). The van der Waals surface area contributed by atoms with E-state index in [1.165, 1.54) is 0 Å². The highest BCUT2D eigenvalue weighted by Gasteiger charge is 2.11. The van der Waals surface area contributed by atoms with Crippen LogP contribution in [0.25, 0.3) is 10.9 Å². The number of para-hydroxylation sites is 1. The van der Waals surface area contributed by atoms with Gasteiger partial charge in [-0.1, -0.05) is 12.1 Å². The van der Waals surface area contributed by atoms with Gasteiger partial charge < -0.3 is 9.67 Å². The van der Waals surface area contributed by atoms with E-state index in [2.05, 4.69) is 0 Å². The van der Waals surface area contributed by atoms with Gasteiger partial charge in [0.05, 0.1) is 17.1 Å². The van der Waals surface area contributed by atoms with Gasteiger partial charge >= 0.3 is 5.97 Å². The molecular formula is C11H8N2O2. The minimum Gasteiger partial charge on any atom is -0.478 e. The molecule has 1 N–H and O–H groups in total. The summed E-state index contributed by atoms with van der Waals surface area (Å²) in [6, 6.07) is 8.87. The minimum atomic E-state index is -0.974. The van der Waals surface area contributed by atoms with Gasteiger partial charge in [-0.15, -0.1) is 0 Å². The highest BCUT2D eigenvalue weighted by atomic mass is 16.4. The molecule has 0 radical (unpaired) electrons. The van der Waals surface area contributed by atoms with Gasteiger partial charge in [-0.05, 0) is 12.1 Å². The average Bonchev–Trinajstić information content (AvgIpc) is 2.62. The van der Waals surface area contributed by atoms with Crippen molar-refractivity contribution in [2.24, 2.45) is 0 Å². The van der Waals surface area contributed by atoms with Crippen molar-refractivity contribution in [3.8, 4) is 6.07 Å². The Kier molecular flexibility index (Phi) is 2.14. The first kappa shape index (κ1) is 9.28. The molecule has 0 amide bonds. The quantitative estimate of drug-likeness (QED) is 0.804. The maximum Gasteiger partial charge on any atom is 0.337 e. The van der Waals surface area contributed by atoms with Gasteiger partial charge in [-0.3, -0.25) is 0 Å².